The van der Waals surface area contributed by atoms with E-state index in [1.54, 1.807) is 0 Å². The van der Waals surface area contributed by atoms with Crippen molar-refractivity contribution in [1.82, 2.24) is 0 Å². The van der Waals surface area contributed by atoms with Crippen LogP contribution in [0.5, 0.6) is 0 Å². The lowest BCUT2D eigenvalue weighted by atomic mass is 9.71. The Morgan fingerprint density at radius 3 is 1.55 bits per heavy atom. The molecule has 0 aromatic carbocycles. The summed E-state index contributed by atoms with van der Waals surface area (Å²) in [5.41, 5.74) is -0.331. The largest absolute Gasteiger partial charge is 0.369 e. The van der Waals surface area contributed by atoms with Gasteiger partial charge in [0.1, 0.15) is 12.2 Å². The molecule has 8 unspecified atom stereocenters. The zero-order chi connectivity index (χ0) is 15.9. The normalized spacial score (nSPS) is 49.2. The Bertz CT molecular complexity index is 442. The maximum Gasteiger partial charge on any atom is 0.113 e. The van der Waals surface area contributed by atoms with Gasteiger partial charge in [-0.2, -0.15) is 0 Å². The van der Waals surface area contributed by atoms with Gasteiger partial charge < -0.3 is 14.2 Å². The van der Waals surface area contributed by atoms with Crippen molar-refractivity contribution in [2.45, 2.75) is 83.6 Å². The van der Waals surface area contributed by atoms with Gasteiger partial charge in [0.2, 0.25) is 0 Å². The monoisotopic (exact) mass is 306 g/mol. The van der Waals surface area contributed by atoms with Crippen LogP contribution >= 0.6 is 0 Å². The van der Waals surface area contributed by atoms with Crippen molar-refractivity contribution < 1.29 is 14.2 Å². The van der Waals surface area contributed by atoms with Gasteiger partial charge in [-0.3, -0.25) is 0 Å². The number of ether oxygens (including phenoxy) is 3. The molecule has 0 radical (unpaired) electrons. The average molecular weight is 306 g/mol. The molecule has 2 aliphatic carbocycles. The smallest absolute Gasteiger partial charge is 0.113 e. The first-order valence-electron chi connectivity index (χ1n) is 8.83. The van der Waals surface area contributed by atoms with Crippen LogP contribution in [0, 0.1) is 23.7 Å². The Balaban J connectivity index is 1.63. The molecule has 4 rings (SSSR count). The fourth-order valence-electron chi connectivity index (χ4n) is 5.24. The Labute approximate surface area is 134 Å². The molecule has 0 amide bonds. The van der Waals surface area contributed by atoms with Gasteiger partial charge in [-0.25, -0.2) is 0 Å². The predicted molar refractivity (Wildman–Crippen MR) is 85.6 cm³/mol. The fourth-order valence-corrected chi connectivity index (χ4v) is 5.24. The first kappa shape index (κ1) is 15.2. The van der Waals surface area contributed by atoms with Gasteiger partial charge in [-0.1, -0.05) is 12.2 Å². The minimum absolute atomic E-state index is 0.0678. The summed E-state index contributed by atoms with van der Waals surface area (Å²) >= 11 is 0. The number of rotatable bonds is 2. The molecule has 0 aromatic heterocycles. The molecule has 2 aliphatic heterocycles. The highest BCUT2D eigenvalue weighted by molar-refractivity contribution is 5.23. The first-order chi connectivity index (χ1) is 10.1. The van der Waals surface area contributed by atoms with E-state index < -0.39 is 0 Å². The van der Waals surface area contributed by atoms with Crippen LogP contribution in [-0.4, -0.2) is 35.6 Å². The molecule has 3 heteroatoms. The fraction of sp³-hybridized carbons (Fsp3) is 0.895. The van der Waals surface area contributed by atoms with Crippen molar-refractivity contribution in [3.8, 4) is 0 Å². The third-order valence-electron chi connectivity index (χ3n) is 5.61. The molecule has 4 bridgehead atoms. The summed E-state index contributed by atoms with van der Waals surface area (Å²) in [6.45, 7) is 12.8. The average Bonchev–Trinajstić information content (AvgIpc) is 3.04. The molecule has 4 aliphatic rings. The summed E-state index contributed by atoms with van der Waals surface area (Å²) in [5.74, 6) is 2.69. The van der Waals surface area contributed by atoms with Crippen LogP contribution in [0.1, 0.15) is 48.0 Å². The van der Waals surface area contributed by atoms with Crippen LogP contribution < -0.4 is 0 Å². The van der Waals surface area contributed by atoms with Crippen molar-refractivity contribution in [3.63, 3.8) is 0 Å². The molecule has 2 heterocycles. The second kappa shape index (κ2) is 4.58. The van der Waals surface area contributed by atoms with Gasteiger partial charge in [-0.15, -0.1) is 0 Å². The Hall–Kier alpha value is -0.380. The van der Waals surface area contributed by atoms with E-state index in [0.717, 1.165) is 0 Å². The highest BCUT2D eigenvalue weighted by atomic mass is 16.6. The van der Waals surface area contributed by atoms with Gasteiger partial charge in [0, 0.05) is 0 Å². The SMILES string of the molecule is CC(C)(C)OC1C(OC(C)(C)C)C2OC1C1C3C=CC(C3)C21. The molecule has 1 saturated carbocycles. The summed E-state index contributed by atoms with van der Waals surface area (Å²) in [7, 11) is 0. The first-order valence-corrected chi connectivity index (χ1v) is 8.83. The van der Waals surface area contributed by atoms with Gasteiger partial charge in [-0.05, 0) is 71.6 Å². The van der Waals surface area contributed by atoms with E-state index in [1.165, 1.54) is 6.42 Å². The van der Waals surface area contributed by atoms with E-state index in [1.807, 2.05) is 0 Å². The standard InChI is InChI=1S/C19H30O3/c1-18(2,3)21-16-14-12-10-7-8-11(9-10)13(12)15(20-14)17(16)22-19(4,5)6/h7-8,10-17H,9H2,1-6H3. The van der Waals surface area contributed by atoms with E-state index >= 15 is 0 Å². The molecular weight excluding hydrogens is 276 g/mol. The number of fused-ring (bicyclic) bond motifs is 9. The summed E-state index contributed by atoms with van der Waals surface area (Å²) in [5, 5.41) is 0. The lowest BCUT2D eigenvalue weighted by Crippen LogP contribution is -2.54. The molecular formula is C19H30O3. The van der Waals surface area contributed by atoms with Crippen molar-refractivity contribution in [3.05, 3.63) is 12.2 Å². The zero-order valence-electron chi connectivity index (χ0n) is 14.7. The summed E-state index contributed by atoms with van der Waals surface area (Å²) in [4.78, 5) is 0. The quantitative estimate of drug-likeness (QED) is 0.730. The third kappa shape index (κ3) is 2.28. The minimum Gasteiger partial charge on any atom is -0.369 e. The van der Waals surface area contributed by atoms with Gasteiger partial charge in [0.15, 0.2) is 0 Å². The predicted octanol–water partition coefficient (Wildman–Crippen LogP) is 3.57. The Kier molecular flexibility index (Phi) is 3.16. The highest BCUT2D eigenvalue weighted by Gasteiger charge is 2.67. The number of hydrogen-bond acceptors (Lipinski definition) is 3. The van der Waals surface area contributed by atoms with Gasteiger partial charge in [0.25, 0.3) is 0 Å². The molecule has 2 saturated heterocycles. The van der Waals surface area contributed by atoms with Crippen LogP contribution in [0.25, 0.3) is 0 Å². The lowest BCUT2D eigenvalue weighted by Gasteiger charge is -2.42. The van der Waals surface area contributed by atoms with Crippen LogP contribution in [0.3, 0.4) is 0 Å². The topological polar surface area (TPSA) is 27.7 Å². The molecule has 0 spiro atoms. The highest BCUT2D eigenvalue weighted by Crippen LogP contribution is 2.61. The second-order valence-electron chi connectivity index (χ2n) is 9.56. The van der Waals surface area contributed by atoms with Crippen molar-refractivity contribution in [2.24, 2.45) is 23.7 Å². The van der Waals surface area contributed by atoms with Gasteiger partial charge in [0.05, 0.1) is 23.4 Å². The molecule has 3 nitrogen and oxygen atoms in total. The lowest BCUT2D eigenvalue weighted by molar-refractivity contribution is -0.176. The van der Waals surface area contributed by atoms with Gasteiger partial charge >= 0.3 is 0 Å². The number of hydrogen-bond donors (Lipinski definition) is 0. The van der Waals surface area contributed by atoms with E-state index in [9.17, 15) is 0 Å². The zero-order valence-corrected chi connectivity index (χ0v) is 14.7. The molecule has 3 fully saturated rings. The van der Waals surface area contributed by atoms with Crippen molar-refractivity contribution in [2.75, 3.05) is 0 Å². The van der Waals surface area contributed by atoms with Crippen LogP contribution in [0.4, 0.5) is 0 Å². The minimum atomic E-state index is -0.166. The summed E-state index contributed by atoms with van der Waals surface area (Å²) in [6.07, 6.45) is 6.71. The second-order valence-corrected chi connectivity index (χ2v) is 9.56. The Morgan fingerprint density at radius 1 is 0.773 bits per heavy atom. The summed E-state index contributed by atoms with van der Waals surface area (Å²) in [6, 6.07) is 0. The molecule has 124 valence electrons. The van der Waals surface area contributed by atoms with E-state index in [-0.39, 0.29) is 35.6 Å². The van der Waals surface area contributed by atoms with Crippen LogP contribution in [-0.2, 0) is 14.2 Å². The Morgan fingerprint density at radius 2 is 1.18 bits per heavy atom. The van der Waals surface area contributed by atoms with Crippen LogP contribution in [0.15, 0.2) is 12.2 Å². The van der Waals surface area contributed by atoms with E-state index in [0.29, 0.717) is 23.7 Å². The molecule has 8 atom stereocenters. The van der Waals surface area contributed by atoms with Crippen molar-refractivity contribution >= 4 is 0 Å². The van der Waals surface area contributed by atoms with Crippen LogP contribution in [0.2, 0.25) is 0 Å². The van der Waals surface area contributed by atoms with Crippen molar-refractivity contribution in [1.29, 1.82) is 0 Å². The maximum atomic E-state index is 6.45. The number of allylic oxidation sites excluding steroid dienone is 2. The molecule has 0 aromatic rings. The van der Waals surface area contributed by atoms with E-state index in [4.69, 9.17) is 14.2 Å². The molecule has 0 N–H and O–H groups in total. The maximum absolute atomic E-state index is 6.45. The molecule has 22 heavy (non-hydrogen) atoms. The third-order valence-corrected chi connectivity index (χ3v) is 5.61. The van der Waals surface area contributed by atoms with E-state index in [2.05, 4.69) is 53.7 Å². The summed E-state index contributed by atoms with van der Waals surface area (Å²) < 4.78 is 19.3.